The maximum Gasteiger partial charge on any atom is 0.416 e. The van der Waals surface area contributed by atoms with Gasteiger partial charge in [0.15, 0.2) is 0 Å². The summed E-state index contributed by atoms with van der Waals surface area (Å²) in [6.07, 6.45) is -3.66. The minimum absolute atomic E-state index is 0.327. The topological polar surface area (TPSA) is 15.3 Å². The van der Waals surface area contributed by atoms with Crippen LogP contribution in [0.1, 0.15) is 30.5 Å². The summed E-state index contributed by atoms with van der Waals surface area (Å²) >= 11 is 0. The zero-order valence-electron chi connectivity index (χ0n) is 11.9. The van der Waals surface area contributed by atoms with Crippen molar-refractivity contribution in [1.82, 2.24) is 10.2 Å². The summed E-state index contributed by atoms with van der Waals surface area (Å²) < 4.78 is 39.5. The van der Waals surface area contributed by atoms with Crippen molar-refractivity contribution in [2.75, 3.05) is 19.6 Å². The average molecular weight is 286 g/mol. The Morgan fingerprint density at radius 1 is 1.35 bits per heavy atom. The molecular weight excluding hydrogens is 265 g/mol. The van der Waals surface area contributed by atoms with Gasteiger partial charge in [0.05, 0.1) is 5.56 Å². The standard InChI is InChI=1S/C15H21F3N2/c1-3-12-4-5-13(14(8-12)15(16,17)18)10-20-7-6-19-11(2)9-20/h4-5,8,11,19H,3,6-7,9-10H2,1-2H3. The molecule has 2 nitrogen and oxygen atoms in total. The lowest BCUT2D eigenvalue weighted by Crippen LogP contribution is -2.48. The van der Waals surface area contributed by atoms with E-state index < -0.39 is 11.7 Å². The van der Waals surface area contributed by atoms with E-state index in [1.54, 1.807) is 12.1 Å². The maximum atomic E-state index is 13.2. The number of hydrogen-bond donors (Lipinski definition) is 1. The van der Waals surface area contributed by atoms with Gasteiger partial charge in [-0.3, -0.25) is 4.90 Å². The molecule has 0 bridgehead atoms. The van der Waals surface area contributed by atoms with Crippen molar-refractivity contribution in [1.29, 1.82) is 0 Å². The van der Waals surface area contributed by atoms with Crippen LogP contribution in [0.5, 0.6) is 0 Å². The third-order valence-electron chi connectivity index (χ3n) is 3.73. The molecule has 1 saturated heterocycles. The predicted octanol–water partition coefficient (Wildman–Crippen LogP) is 3.06. The lowest BCUT2D eigenvalue weighted by molar-refractivity contribution is -0.138. The summed E-state index contributed by atoms with van der Waals surface area (Å²) in [5, 5.41) is 3.30. The Morgan fingerprint density at radius 3 is 2.70 bits per heavy atom. The second-order valence-electron chi connectivity index (χ2n) is 5.43. The van der Waals surface area contributed by atoms with Gasteiger partial charge in [0.25, 0.3) is 0 Å². The summed E-state index contributed by atoms with van der Waals surface area (Å²) in [5.41, 5.74) is 0.626. The van der Waals surface area contributed by atoms with Gasteiger partial charge in [0.2, 0.25) is 0 Å². The van der Waals surface area contributed by atoms with E-state index in [9.17, 15) is 13.2 Å². The summed E-state index contributed by atoms with van der Waals surface area (Å²) in [7, 11) is 0. The van der Waals surface area contributed by atoms with Crippen LogP contribution in [0.15, 0.2) is 18.2 Å². The molecule has 0 radical (unpaired) electrons. The molecule has 0 saturated carbocycles. The molecule has 1 aromatic rings. The first-order valence-corrected chi connectivity index (χ1v) is 7.05. The Bertz CT molecular complexity index is 457. The minimum Gasteiger partial charge on any atom is -0.312 e. The van der Waals surface area contributed by atoms with Crippen molar-refractivity contribution < 1.29 is 13.2 Å². The van der Waals surface area contributed by atoms with Gasteiger partial charge < -0.3 is 5.32 Å². The molecule has 1 N–H and O–H groups in total. The van der Waals surface area contributed by atoms with Gasteiger partial charge in [-0.2, -0.15) is 13.2 Å². The monoisotopic (exact) mass is 286 g/mol. The smallest absolute Gasteiger partial charge is 0.312 e. The Balaban J connectivity index is 2.22. The summed E-state index contributed by atoms with van der Waals surface area (Å²) in [4.78, 5) is 2.08. The van der Waals surface area contributed by atoms with E-state index in [4.69, 9.17) is 0 Å². The quantitative estimate of drug-likeness (QED) is 0.918. The number of hydrogen-bond acceptors (Lipinski definition) is 2. The van der Waals surface area contributed by atoms with E-state index in [0.717, 1.165) is 25.2 Å². The number of nitrogens with zero attached hydrogens (tertiary/aromatic N) is 1. The maximum absolute atomic E-state index is 13.2. The second-order valence-corrected chi connectivity index (χ2v) is 5.43. The molecule has 1 aromatic carbocycles. The fourth-order valence-electron chi connectivity index (χ4n) is 2.64. The molecule has 1 aliphatic rings. The van der Waals surface area contributed by atoms with E-state index in [0.29, 0.717) is 24.6 Å². The predicted molar refractivity (Wildman–Crippen MR) is 73.6 cm³/mol. The lowest BCUT2D eigenvalue weighted by atomic mass is 10.0. The van der Waals surface area contributed by atoms with Crippen LogP contribution in [0.25, 0.3) is 0 Å². The van der Waals surface area contributed by atoms with Gasteiger partial charge in [-0.05, 0) is 30.5 Å². The van der Waals surface area contributed by atoms with Crippen molar-refractivity contribution in [3.05, 3.63) is 34.9 Å². The SMILES string of the molecule is CCc1ccc(CN2CCNC(C)C2)c(C(F)(F)F)c1. The van der Waals surface area contributed by atoms with Crippen LogP contribution in [-0.4, -0.2) is 30.6 Å². The molecule has 0 aliphatic carbocycles. The van der Waals surface area contributed by atoms with E-state index in [2.05, 4.69) is 17.1 Å². The molecule has 112 valence electrons. The molecule has 1 fully saturated rings. The minimum atomic E-state index is -4.28. The van der Waals surface area contributed by atoms with Crippen LogP contribution >= 0.6 is 0 Å². The Morgan fingerprint density at radius 2 is 2.10 bits per heavy atom. The first kappa shape index (κ1) is 15.3. The van der Waals surface area contributed by atoms with Crippen molar-refractivity contribution in [2.24, 2.45) is 0 Å². The van der Waals surface area contributed by atoms with Gasteiger partial charge in [0.1, 0.15) is 0 Å². The van der Waals surface area contributed by atoms with Gasteiger partial charge in [-0.1, -0.05) is 19.1 Å². The highest BCUT2D eigenvalue weighted by Gasteiger charge is 2.34. The third-order valence-corrected chi connectivity index (χ3v) is 3.73. The fourth-order valence-corrected chi connectivity index (χ4v) is 2.64. The van der Waals surface area contributed by atoms with Crippen LogP contribution in [-0.2, 0) is 19.1 Å². The van der Waals surface area contributed by atoms with E-state index in [-0.39, 0.29) is 0 Å². The number of nitrogens with one attached hydrogen (secondary N) is 1. The van der Waals surface area contributed by atoms with Gasteiger partial charge in [-0.25, -0.2) is 0 Å². The van der Waals surface area contributed by atoms with Crippen LogP contribution in [0, 0.1) is 0 Å². The zero-order valence-corrected chi connectivity index (χ0v) is 11.9. The normalized spacial score (nSPS) is 21.1. The Labute approximate surface area is 118 Å². The molecule has 5 heteroatoms. The van der Waals surface area contributed by atoms with Gasteiger partial charge in [-0.15, -0.1) is 0 Å². The fraction of sp³-hybridized carbons (Fsp3) is 0.600. The number of alkyl halides is 3. The van der Waals surface area contributed by atoms with Gasteiger partial charge in [0, 0.05) is 32.2 Å². The molecule has 0 amide bonds. The van der Waals surface area contributed by atoms with E-state index in [1.807, 2.05) is 6.92 Å². The van der Waals surface area contributed by atoms with Crippen LogP contribution in [0.3, 0.4) is 0 Å². The van der Waals surface area contributed by atoms with Crippen LogP contribution in [0.2, 0.25) is 0 Å². The molecule has 0 aromatic heterocycles. The third kappa shape index (κ3) is 3.73. The number of rotatable bonds is 3. The first-order chi connectivity index (χ1) is 9.40. The lowest BCUT2D eigenvalue weighted by Gasteiger charge is -2.32. The van der Waals surface area contributed by atoms with Crippen molar-refractivity contribution >= 4 is 0 Å². The molecule has 2 rings (SSSR count). The van der Waals surface area contributed by atoms with Crippen molar-refractivity contribution in [3.8, 4) is 0 Å². The van der Waals surface area contributed by atoms with Crippen LogP contribution in [0.4, 0.5) is 13.2 Å². The Hall–Kier alpha value is -1.07. The van der Waals surface area contributed by atoms with E-state index >= 15 is 0 Å². The highest BCUT2D eigenvalue weighted by molar-refractivity contribution is 5.34. The number of benzene rings is 1. The highest BCUT2D eigenvalue weighted by atomic mass is 19.4. The summed E-state index contributed by atoms with van der Waals surface area (Å²) in [5.74, 6) is 0. The highest BCUT2D eigenvalue weighted by Crippen LogP contribution is 2.33. The number of aryl methyl sites for hydroxylation is 1. The average Bonchev–Trinajstić information content (AvgIpc) is 2.38. The molecule has 1 aliphatic heterocycles. The largest absolute Gasteiger partial charge is 0.416 e. The van der Waals surface area contributed by atoms with Crippen LogP contribution < -0.4 is 5.32 Å². The molecule has 1 unspecified atom stereocenters. The van der Waals surface area contributed by atoms with Crippen molar-refractivity contribution in [3.63, 3.8) is 0 Å². The number of halogens is 3. The summed E-state index contributed by atoms with van der Waals surface area (Å²) in [6, 6.07) is 5.05. The van der Waals surface area contributed by atoms with E-state index in [1.165, 1.54) is 6.07 Å². The molecule has 1 atom stereocenters. The van der Waals surface area contributed by atoms with Gasteiger partial charge >= 0.3 is 6.18 Å². The molecular formula is C15H21F3N2. The Kier molecular flexibility index (Phi) is 4.70. The molecule has 1 heterocycles. The summed E-state index contributed by atoms with van der Waals surface area (Å²) in [6.45, 7) is 6.69. The zero-order chi connectivity index (χ0) is 14.8. The van der Waals surface area contributed by atoms with Crippen molar-refractivity contribution in [2.45, 2.75) is 39.0 Å². The second kappa shape index (κ2) is 6.14. The number of piperazine rings is 1. The molecule has 20 heavy (non-hydrogen) atoms. The first-order valence-electron chi connectivity index (χ1n) is 7.05. The molecule has 0 spiro atoms.